The van der Waals surface area contributed by atoms with E-state index < -0.39 is 6.10 Å². The summed E-state index contributed by atoms with van der Waals surface area (Å²) in [6.07, 6.45) is 6.85. The molecule has 1 N–H and O–H groups in total. The second kappa shape index (κ2) is 11.1. The Hall–Kier alpha value is -0.410. The van der Waals surface area contributed by atoms with Crippen molar-refractivity contribution < 1.29 is 14.6 Å². The summed E-state index contributed by atoms with van der Waals surface area (Å²) < 4.78 is 5.35. The third kappa shape index (κ3) is 8.86. The number of ether oxygens (including phenoxy) is 1. The van der Waals surface area contributed by atoms with Crippen LogP contribution in [-0.2, 0) is 9.53 Å². The Morgan fingerprint density at radius 3 is 2.44 bits per heavy atom. The minimum Gasteiger partial charge on any atom is -0.383 e. The molecule has 3 nitrogen and oxygen atoms in total. The van der Waals surface area contributed by atoms with Crippen molar-refractivity contribution in [3.05, 3.63) is 0 Å². The van der Waals surface area contributed by atoms with Crippen molar-refractivity contribution in [2.45, 2.75) is 58.5 Å². The van der Waals surface area contributed by atoms with Crippen molar-refractivity contribution in [3.63, 3.8) is 0 Å². The summed E-state index contributed by atoms with van der Waals surface area (Å²) in [5, 5.41) is 9.02. The standard InChI is InChI=1S/C13H26O3/c1-3-5-6-8-12(7-4-2)10-16-11-13(15)9-14/h9,12-13,15H,3-8,10-11H2,1-2H3. The molecule has 0 saturated carbocycles. The maximum absolute atomic E-state index is 10.2. The summed E-state index contributed by atoms with van der Waals surface area (Å²) >= 11 is 0. The Labute approximate surface area is 99.2 Å². The molecular weight excluding hydrogens is 204 g/mol. The summed E-state index contributed by atoms with van der Waals surface area (Å²) in [7, 11) is 0. The van der Waals surface area contributed by atoms with Crippen LogP contribution in [0, 0.1) is 5.92 Å². The molecule has 0 rings (SSSR count). The molecule has 0 aromatic heterocycles. The molecule has 0 fully saturated rings. The maximum Gasteiger partial charge on any atom is 0.150 e. The lowest BCUT2D eigenvalue weighted by molar-refractivity contribution is -0.118. The predicted molar refractivity (Wildman–Crippen MR) is 65.4 cm³/mol. The van der Waals surface area contributed by atoms with E-state index in [9.17, 15) is 4.79 Å². The highest BCUT2D eigenvalue weighted by molar-refractivity contribution is 5.55. The fourth-order valence-electron chi connectivity index (χ4n) is 1.80. The molecule has 2 atom stereocenters. The van der Waals surface area contributed by atoms with Gasteiger partial charge in [-0.05, 0) is 18.8 Å². The predicted octanol–water partition coefficient (Wildman–Crippen LogP) is 2.56. The van der Waals surface area contributed by atoms with Crippen LogP contribution in [0.25, 0.3) is 0 Å². The lowest BCUT2D eigenvalue weighted by atomic mass is 9.97. The number of aliphatic hydroxyl groups excluding tert-OH is 1. The number of unbranched alkanes of at least 4 members (excludes halogenated alkanes) is 2. The third-order valence-corrected chi connectivity index (χ3v) is 2.71. The summed E-state index contributed by atoms with van der Waals surface area (Å²) in [5.41, 5.74) is 0. The first-order valence-corrected chi connectivity index (χ1v) is 6.45. The van der Waals surface area contributed by atoms with E-state index in [4.69, 9.17) is 9.84 Å². The highest BCUT2D eigenvalue weighted by Crippen LogP contribution is 2.16. The monoisotopic (exact) mass is 230 g/mol. The van der Waals surface area contributed by atoms with Gasteiger partial charge in [-0.25, -0.2) is 0 Å². The largest absolute Gasteiger partial charge is 0.383 e. The van der Waals surface area contributed by atoms with Gasteiger partial charge in [-0.15, -0.1) is 0 Å². The number of aliphatic hydroxyl groups is 1. The molecule has 0 saturated heterocycles. The van der Waals surface area contributed by atoms with Crippen LogP contribution in [0.3, 0.4) is 0 Å². The fraction of sp³-hybridized carbons (Fsp3) is 0.923. The molecule has 0 aliphatic rings. The highest BCUT2D eigenvalue weighted by Gasteiger charge is 2.09. The van der Waals surface area contributed by atoms with E-state index in [1.807, 2.05) is 0 Å². The molecule has 0 spiro atoms. The molecule has 0 aromatic carbocycles. The van der Waals surface area contributed by atoms with Crippen molar-refractivity contribution in [3.8, 4) is 0 Å². The van der Waals surface area contributed by atoms with Gasteiger partial charge in [0.05, 0.1) is 6.61 Å². The van der Waals surface area contributed by atoms with Gasteiger partial charge in [-0.3, -0.25) is 0 Å². The van der Waals surface area contributed by atoms with Gasteiger partial charge in [0, 0.05) is 6.61 Å². The van der Waals surface area contributed by atoms with Crippen LogP contribution in [0.15, 0.2) is 0 Å². The third-order valence-electron chi connectivity index (χ3n) is 2.71. The molecule has 0 heterocycles. The average Bonchev–Trinajstić information content (AvgIpc) is 2.29. The van der Waals surface area contributed by atoms with Crippen molar-refractivity contribution in [1.82, 2.24) is 0 Å². The van der Waals surface area contributed by atoms with Gasteiger partial charge < -0.3 is 14.6 Å². The zero-order valence-electron chi connectivity index (χ0n) is 10.7. The van der Waals surface area contributed by atoms with E-state index in [0.717, 1.165) is 6.42 Å². The summed E-state index contributed by atoms with van der Waals surface area (Å²) in [6, 6.07) is 0. The van der Waals surface area contributed by atoms with Gasteiger partial charge in [-0.2, -0.15) is 0 Å². The smallest absolute Gasteiger partial charge is 0.150 e. The number of carbonyl (C=O) groups excluding carboxylic acids is 1. The van der Waals surface area contributed by atoms with Crippen molar-refractivity contribution in [2.75, 3.05) is 13.2 Å². The van der Waals surface area contributed by atoms with Gasteiger partial charge in [0.15, 0.2) is 6.29 Å². The Kier molecular flexibility index (Phi) is 10.8. The average molecular weight is 230 g/mol. The molecule has 0 amide bonds. The first kappa shape index (κ1) is 15.6. The molecule has 0 aliphatic heterocycles. The van der Waals surface area contributed by atoms with Crippen LogP contribution in [0.4, 0.5) is 0 Å². The van der Waals surface area contributed by atoms with Crippen molar-refractivity contribution in [1.29, 1.82) is 0 Å². The number of rotatable bonds is 11. The fourth-order valence-corrected chi connectivity index (χ4v) is 1.80. The van der Waals surface area contributed by atoms with E-state index in [1.165, 1.54) is 32.1 Å². The van der Waals surface area contributed by atoms with Crippen LogP contribution in [-0.4, -0.2) is 30.7 Å². The Balaban J connectivity index is 3.62. The van der Waals surface area contributed by atoms with Gasteiger partial charge in [-0.1, -0.05) is 39.5 Å². The van der Waals surface area contributed by atoms with Crippen LogP contribution >= 0.6 is 0 Å². The van der Waals surface area contributed by atoms with Crippen LogP contribution in [0.1, 0.15) is 52.4 Å². The second-order valence-corrected chi connectivity index (χ2v) is 4.39. The molecule has 96 valence electrons. The minimum atomic E-state index is -0.960. The first-order chi connectivity index (χ1) is 7.74. The van der Waals surface area contributed by atoms with E-state index in [0.29, 0.717) is 18.8 Å². The molecule has 0 radical (unpaired) electrons. The van der Waals surface area contributed by atoms with Crippen LogP contribution in [0.2, 0.25) is 0 Å². The van der Waals surface area contributed by atoms with E-state index in [2.05, 4.69) is 13.8 Å². The number of aldehydes is 1. The molecule has 16 heavy (non-hydrogen) atoms. The molecule has 3 heteroatoms. The Morgan fingerprint density at radius 2 is 1.88 bits per heavy atom. The SMILES string of the molecule is CCCCCC(CCC)COCC(O)C=O. The molecule has 0 aliphatic carbocycles. The molecule has 2 unspecified atom stereocenters. The van der Waals surface area contributed by atoms with E-state index in [1.54, 1.807) is 0 Å². The number of hydrogen-bond acceptors (Lipinski definition) is 3. The lowest BCUT2D eigenvalue weighted by Crippen LogP contribution is -2.19. The first-order valence-electron chi connectivity index (χ1n) is 6.45. The van der Waals surface area contributed by atoms with E-state index >= 15 is 0 Å². The Morgan fingerprint density at radius 1 is 1.12 bits per heavy atom. The van der Waals surface area contributed by atoms with Crippen molar-refractivity contribution >= 4 is 6.29 Å². The van der Waals surface area contributed by atoms with Crippen molar-refractivity contribution in [2.24, 2.45) is 5.92 Å². The van der Waals surface area contributed by atoms with Gasteiger partial charge in [0.2, 0.25) is 0 Å². The zero-order chi connectivity index (χ0) is 12.2. The van der Waals surface area contributed by atoms with Gasteiger partial charge in [0.1, 0.15) is 6.10 Å². The summed E-state index contributed by atoms with van der Waals surface area (Å²) in [6.45, 7) is 5.18. The molecule has 0 bridgehead atoms. The summed E-state index contributed by atoms with van der Waals surface area (Å²) in [5.74, 6) is 0.579. The van der Waals surface area contributed by atoms with Crippen LogP contribution in [0.5, 0.6) is 0 Å². The normalized spacial score (nSPS) is 14.7. The minimum absolute atomic E-state index is 0.136. The van der Waals surface area contributed by atoms with E-state index in [-0.39, 0.29) is 6.61 Å². The number of hydrogen-bond donors (Lipinski definition) is 1. The quantitative estimate of drug-likeness (QED) is 0.438. The maximum atomic E-state index is 10.2. The van der Waals surface area contributed by atoms with Crippen LogP contribution < -0.4 is 0 Å². The number of carbonyl (C=O) groups is 1. The topological polar surface area (TPSA) is 46.5 Å². The van der Waals surface area contributed by atoms with Gasteiger partial charge >= 0.3 is 0 Å². The summed E-state index contributed by atoms with van der Waals surface area (Å²) in [4.78, 5) is 10.2. The lowest BCUT2D eigenvalue weighted by Gasteiger charge is -2.16. The second-order valence-electron chi connectivity index (χ2n) is 4.39. The molecule has 0 aromatic rings. The molecular formula is C13H26O3. The zero-order valence-corrected chi connectivity index (χ0v) is 10.7. The highest BCUT2D eigenvalue weighted by atomic mass is 16.5. The Bertz CT molecular complexity index is 159. The van der Waals surface area contributed by atoms with Gasteiger partial charge in [0.25, 0.3) is 0 Å².